The van der Waals surface area contributed by atoms with Crippen molar-refractivity contribution in [1.29, 1.82) is 5.26 Å². The predicted molar refractivity (Wildman–Crippen MR) is 121 cm³/mol. The molecule has 0 unspecified atom stereocenters. The summed E-state index contributed by atoms with van der Waals surface area (Å²) in [6.07, 6.45) is 4.21. The molecule has 0 atom stereocenters. The lowest BCUT2D eigenvalue weighted by molar-refractivity contribution is 0.354. The minimum Gasteiger partial charge on any atom is -0.493 e. The van der Waals surface area contributed by atoms with E-state index >= 15 is 0 Å². The van der Waals surface area contributed by atoms with Crippen molar-refractivity contribution in [2.24, 2.45) is 0 Å². The van der Waals surface area contributed by atoms with E-state index in [0.29, 0.717) is 47.7 Å². The van der Waals surface area contributed by atoms with Crippen molar-refractivity contribution in [3.8, 4) is 29.1 Å². The number of nitriles is 1. The third-order valence-electron chi connectivity index (χ3n) is 4.72. The average Bonchev–Trinajstić information content (AvgIpc) is 3.24. The SMILES string of the molecule is COc1ccc(C=Cc2nc(C#N)c(NCCc3ccc(OC)c(OC)c3)o2)cc1OC. The highest BCUT2D eigenvalue weighted by atomic mass is 16.5. The van der Waals surface area contributed by atoms with Gasteiger partial charge >= 0.3 is 0 Å². The van der Waals surface area contributed by atoms with Crippen molar-refractivity contribution in [3.63, 3.8) is 0 Å². The van der Waals surface area contributed by atoms with Crippen molar-refractivity contribution >= 4 is 18.0 Å². The van der Waals surface area contributed by atoms with Crippen molar-refractivity contribution in [2.45, 2.75) is 6.42 Å². The molecule has 1 aromatic heterocycles. The van der Waals surface area contributed by atoms with Crippen LogP contribution in [0.25, 0.3) is 12.2 Å². The standard InChI is InChI=1S/C24H25N3O5/c1-28-19-8-5-16(13-21(19)30-3)7-10-23-27-18(15-25)24(32-23)26-12-11-17-6-9-20(29-2)22(14-17)31-4/h5-10,13-14,26H,11-12H2,1-4H3. The van der Waals surface area contributed by atoms with Gasteiger partial charge in [0.2, 0.25) is 17.5 Å². The zero-order valence-electron chi connectivity index (χ0n) is 18.5. The van der Waals surface area contributed by atoms with E-state index in [2.05, 4.69) is 16.4 Å². The Bertz CT molecular complexity index is 1130. The molecule has 8 heteroatoms. The molecule has 2 aromatic carbocycles. The Kier molecular flexibility index (Phi) is 7.60. The fourth-order valence-corrected chi connectivity index (χ4v) is 3.08. The van der Waals surface area contributed by atoms with Gasteiger partial charge in [0, 0.05) is 12.6 Å². The number of nitrogens with one attached hydrogen (secondary N) is 1. The lowest BCUT2D eigenvalue weighted by atomic mass is 10.1. The third-order valence-corrected chi connectivity index (χ3v) is 4.72. The van der Waals surface area contributed by atoms with Crippen LogP contribution in [-0.2, 0) is 6.42 Å². The first kappa shape index (κ1) is 22.6. The van der Waals surface area contributed by atoms with E-state index in [0.717, 1.165) is 11.1 Å². The molecule has 3 aromatic rings. The zero-order valence-corrected chi connectivity index (χ0v) is 18.5. The van der Waals surface area contributed by atoms with E-state index < -0.39 is 0 Å². The van der Waals surface area contributed by atoms with Crippen LogP contribution in [0.3, 0.4) is 0 Å². The van der Waals surface area contributed by atoms with Gasteiger partial charge in [0.1, 0.15) is 6.07 Å². The topological polar surface area (TPSA) is 98.8 Å². The van der Waals surface area contributed by atoms with Gasteiger partial charge in [0.05, 0.1) is 28.4 Å². The molecule has 8 nitrogen and oxygen atoms in total. The number of ether oxygens (including phenoxy) is 4. The number of nitrogens with zero attached hydrogens (tertiary/aromatic N) is 2. The second-order valence-corrected chi connectivity index (χ2v) is 6.66. The number of rotatable bonds is 10. The number of anilines is 1. The van der Waals surface area contributed by atoms with Crippen LogP contribution < -0.4 is 24.3 Å². The third kappa shape index (κ3) is 5.32. The van der Waals surface area contributed by atoms with Gasteiger partial charge in [-0.1, -0.05) is 12.1 Å². The van der Waals surface area contributed by atoms with Gasteiger partial charge in [-0.15, -0.1) is 0 Å². The van der Waals surface area contributed by atoms with Crippen LogP contribution in [0.1, 0.15) is 22.7 Å². The second kappa shape index (κ2) is 10.8. The Morgan fingerprint density at radius 1 is 0.906 bits per heavy atom. The molecule has 1 heterocycles. The van der Waals surface area contributed by atoms with E-state index in [1.807, 2.05) is 42.5 Å². The highest BCUT2D eigenvalue weighted by Gasteiger charge is 2.12. The predicted octanol–water partition coefficient (Wildman–Crippen LogP) is 4.41. The molecule has 0 amide bonds. The molecule has 0 bridgehead atoms. The molecule has 166 valence electrons. The van der Waals surface area contributed by atoms with Gasteiger partial charge < -0.3 is 28.7 Å². The summed E-state index contributed by atoms with van der Waals surface area (Å²) in [6, 6.07) is 13.3. The first-order chi connectivity index (χ1) is 15.6. The summed E-state index contributed by atoms with van der Waals surface area (Å²) in [4.78, 5) is 4.23. The Hall–Kier alpha value is -4.12. The molecule has 32 heavy (non-hydrogen) atoms. The fraction of sp³-hybridized carbons (Fsp3) is 0.250. The summed E-state index contributed by atoms with van der Waals surface area (Å²) in [7, 11) is 6.37. The largest absolute Gasteiger partial charge is 0.493 e. The number of benzene rings is 2. The molecule has 0 aliphatic carbocycles. The summed E-state index contributed by atoms with van der Waals surface area (Å²) in [5.41, 5.74) is 2.13. The van der Waals surface area contributed by atoms with E-state index in [1.165, 1.54) is 0 Å². The van der Waals surface area contributed by atoms with Crippen molar-refractivity contribution in [3.05, 3.63) is 59.1 Å². The molecule has 1 N–H and O–H groups in total. The zero-order chi connectivity index (χ0) is 22.9. The van der Waals surface area contributed by atoms with Crippen LogP contribution in [0, 0.1) is 11.3 Å². The molecular weight excluding hydrogens is 410 g/mol. The summed E-state index contributed by atoms with van der Waals surface area (Å²) >= 11 is 0. The fourth-order valence-electron chi connectivity index (χ4n) is 3.08. The van der Waals surface area contributed by atoms with Crippen LogP contribution in [0.2, 0.25) is 0 Å². The minimum absolute atomic E-state index is 0.198. The van der Waals surface area contributed by atoms with Gasteiger partial charge in [-0.25, -0.2) is 0 Å². The Balaban J connectivity index is 1.66. The van der Waals surface area contributed by atoms with Crippen molar-refractivity contribution < 1.29 is 23.4 Å². The van der Waals surface area contributed by atoms with Gasteiger partial charge in [-0.2, -0.15) is 10.2 Å². The molecule has 0 fully saturated rings. The van der Waals surface area contributed by atoms with Crippen molar-refractivity contribution in [2.75, 3.05) is 40.3 Å². The van der Waals surface area contributed by atoms with Crippen LogP contribution >= 0.6 is 0 Å². The average molecular weight is 435 g/mol. The molecule has 3 rings (SSSR count). The number of hydrogen-bond donors (Lipinski definition) is 1. The Morgan fingerprint density at radius 2 is 1.56 bits per heavy atom. The lowest BCUT2D eigenvalue weighted by Gasteiger charge is -2.09. The highest BCUT2D eigenvalue weighted by Crippen LogP contribution is 2.29. The first-order valence-electron chi connectivity index (χ1n) is 9.87. The maximum atomic E-state index is 9.39. The molecule has 0 aliphatic heterocycles. The summed E-state index contributed by atoms with van der Waals surface area (Å²) in [5, 5.41) is 12.5. The number of hydrogen-bond acceptors (Lipinski definition) is 8. The van der Waals surface area contributed by atoms with Crippen LogP contribution in [-0.4, -0.2) is 40.0 Å². The Labute approximate surface area is 187 Å². The quantitative estimate of drug-likeness (QED) is 0.500. The van der Waals surface area contributed by atoms with E-state index in [1.54, 1.807) is 34.5 Å². The van der Waals surface area contributed by atoms with E-state index in [9.17, 15) is 5.26 Å². The normalized spacial score (nSPS) is 10.6. The molecule has 0 spiro atoms. The van der Waals surface area contributed by atoms with Crippen LogP contribution in [0.4, 0.5) is 5.88 Å². The smallest absolute Gasteiger partial charge is 0.232 e. The number of aromatic nitrogens is 1. The van der Waals surface area contributed by atoms with Crippen LogP contribution in [0.15, 0.2) is 40.8 Å². The molecular formula is C24H25N3O5. The van der Waals surface area contributed by atoms with E-state index in [-0.39, 0.29) is 5.69 Å². The highest BCUT2D eigenvalue weighted by molar-refractivity contribution is 5.69. The van der Waals surface area contributed by atoms with Crippen LogP contribution in [0.5, 0.6) is 23.0 Å². The molecule has 0 radical (unpaired) electrons. The first-order valence-corrected chi connectivity index (χ1v) is 9.87. The summed E-state index contributed by atoms with van der Waals surface area (Å²) in [6.45, 7) is 0.554. The molecule has 0 saturated carbocycles. The van der Waals surface area contributed by atoms with E-state index in [4.69, 9.17) is 23.4 Å². The molecule has 0 aliphatic rings. The maximum absolute atomic E-state index is 9.39. The summed E-state index contributed by atoms with van der Waals surface area (Å²) < 4.78 is 26.9. The number of methoxy groups -OCH3 is 4. The van der Waals surface area contributed by atoms with Gasteiger partial charge in [-0.05, 0) is 47.9 Å². The second-order valence-electron chi connectivity index (χ2n) is 6.66. The molecule has 0 saturated heterocycles. The lowest BCUT2D eigenvalue weighted by Crippen LogP contribution is -2.05. The van der Waals surface area contributed by atoms with Gasteiger partial charge in [0.25, 0.3) is 0 Å². The monoisotopic (exact) mass is 435 g/mol. The van der Waals surface area contributed by atoms with Crippen molar-refractivity contribution in [1.82, 2.24) is 4.98 Å². The maximum Gasteiger partial charge on any atom is 0.232 e. The summed E-state index contributed by atoms with van der Waals surface area (Å²) in [5.74, 6) is 3.28. The van der Waals surface area contributed by atoms with Gasteiger partial charge in [0.15, 0.2) is 23.0 Å². The Morgan fingerprint density at radius 3 is 2.22 bits per heavy atom. The minimum atomic E-state index is 0.198. The van der Waals surface area contributed by atoms with Gasteiger partial charge in [-0.3, -0.25) is 0 Å². The number of oxazole rings is 1.